The summed E-state index contributed by atoms with van der Waals surface area (Å²) in [5.74, 6) is 0.551. The molecule has 0 saturated carbocycles. The zero-order valence-corrected chi connectivity index (χ0v) is 17.2. The number of fused-ring (bicyclic) bond motifs is 1. The van der Waals surface area contributed by atoms with Crippen LogP contribution in [-0.4, -0.2) is 40.0 Å². The second kappa shape index (κ2) is 8.43. The molecular formula is C24H19N5O3. The Morgan fingerprint density at radius 3 is 2.62 bits per heavy atom. The van der Waals surface area contributed by atoms with Crippen LogP contribution in [0.4, 0.5) is 6.01 Å². The van der Waals surface area contributed by atoms with E-state index in [0.717, 1.165) is 22.4 Å². The summed E-state index contributed by atoms with van der Waals surface area (Å²) in [5, 5.41) is 11.0. The molecule has 1 unspecified atom stereocenters. The van der Waals surface area contributed by atoms with Gasteiger partial charge in [0, 0.05) is 23.6 Å². The summed E-state index contributed by atoms with van der Waals surface area (Å²) in [6.45, 7) is 0. The summed E-state index contributed by atoms with van der Waals surface area (Å²) in [5.41, 5.74) is 3.99. The first-order valence-electron chi connectivity index (χ1n) is 10.1. The first kappa shape index (κ1) is 19.6. The van der Waals surface area contributed by atoms with Gasteiger partial charge in [0.2, 0.25) is 5.88 Å². The number of aliphatic imine (C=N–C) groups is 1. The molecule has 1 atom stereocenters. The van der Waals surface area contributed by atoms with Crippen LogP contribution in [0.2, 0.25) is 0 Å². The average molecular weight is 425 g/mol. The molecule has 0 spiro atoms. The van der Waals surface area contributed by atoms with Gasteiger partial charge in [-0.05, 0) is 11.6 Å². The quantitative estimate of drug-likeness (QED) is 0.522. The van der Waals surface area contributed by atoms with Gasteiger partial charge >= 0.3 is 6.01 Å². The van der Waals surface area contributed by atoms with E-state index in [2.05, 4.69) is 20.5 Å². The molecule has 5 rings (SSSR count). The third-order valence-electron chi connectivity index (χ3n) is 5.08. The van der Waals surface area contributed by atoms with Gasteiger partial charge in [-0.2, -0.15) is 0 Å². The second-order valence-corrected chi connectivity index (χ2v) is 7.17. The maximum Gasteiger partial charge on any atom is 0.317 e. The van der Waals surface area contributed by atoms with Crippen LogP contribution in [0.1, 0.15) is 16.7 Å². The Morgan fingerprint density at radius 2 is 1.78 bits per heavy atom. The number of rotatable bonds is 5. The molecule has 8 heteroatoms. The van der Waals surface area contributed by atoms with Crippen molar-refractivity contribution < 1.29 is 13.9 Å². The summed E-state index contributed by atoms with van der Waals surface area (Å²) >= 11 is 0. The van der Waals surface area contributed by atoms with Crippen molar-refractivity contribution in [3.63, 3.8) is 0 Å². The van der Waals surface area contributed by atoms with Crippen LogP contribution >= 0.6 is 0 Å². The van der Waals surface area contributed by atoms with E-state index >= 15 is 0 Å². The highest BCUT2D eigenvalue weighted by molar-refractivity contribution is 6.16. The van der Waals surface area contributed by atoms with Crippen LogP contribution in [-0.2, 0) is 11.2 Å². The number of nitrogens with zero attached hydrogens (tertiary/aromatic N) is 4. The zero-order valence-electron chi connectivity index (χ0n) is 17.2. The number of nitrogens with one attached hydrogen (secondary N) is 1. The fraction of sp³-hybridized carbons (Fsp3) is 0.125. The Kier molecular flexibility index (Phi) is 5.17. The Morgan fingerprint density at radius 1 is 0.969 bits per heavy atom. The molecule has 8 nitrogen and oxygen atoms in total. The highest BCUT2D eigenvalue weighted by atomic mass is 16.5. The maximum atomic E-state index is 13.0. The van der Waals surface area contributed by atoms with Gasteiger partial charge < -0.3 is 14.5 Å². The van der Waals surface area contributed by atoms with E-state index < -0.39 is 6.17 Å². The van der Waals surface area contributed by atoms with Crippen LogP contribution in [0.15, 0.2) is 82.2 Å². The van der Waals surface area contributed by atoms with E-state index in [0.29, 0.717) is 11.6 Å². The number of aromatic nitrogens is 3. The molecule has 0 fully saturated rings. The number of methoxy groups -OCH3 is 1. The smallest absolute Gasteiger partial charge is 0.317 e. The monoisotopic (exact) mass is 425 g/mol. The van der Waals surface area contributed by atoms with E-state index in [1.807, 2.05) is 54.6 Å². The highest BCUT2D eigenvalue weighted by Crippen LogP contribution is 2.24. The minimum absolute atomic E-state index is 0.0880. The zero-order chi connectivity index (χ0) is 21.9. The van der Waals surface area contributed by atoms with Crippen LogP contribution in [0, 0.1) is 0 Å². The molecule has 2 aromatic carbocycles. The van der Waals surface area contributed by atoms with Crippen molar-refractivity contribution in [3.8, 4) is 17.5 Å². The fourth-order valence-electron chi connectivity index (χ4n) is 3.55. The van der Waals surface area contributed by atoms with Crippen molar-refractivity contribution in [2.24, 2.45) is 4.99 Å². The number of anilines is 1. The van der Waals surface area contributed by atoms with Crippen molar-refractivity contribution >= 4 is 17.5 Å². The summed E-state index contributed by atoms with van der Waals surface area (Å²) in [4.78, 5) is 22.1. The maximum absolute atomic E-state index is 13.0. The molecule has 2 aromatic heterocycles. The number of carbonyl (C=O) groups excluding carboxylic acids is 1. The van der Waals surface area contributed by atoms with Gasteiger partial charge in [0.15, 0.2) is 11.9 Å². The van der Waals surface area contributed by atoms with E-state index in [4.69, 9.17) is 14.1 Å². The summed E-state index contributed by atoms with van der Waals surface area (Å²) in [7, 11) is 1.53. The first-order chi connectivity index (χ1) is 15.7. The SMILES string of the molecule is COc1cccc(-c2nnc(NC3N=C(c4ccccc4)c4ccccc4CC3=O)o2)n1. The topological polar surface area (TPSA) is 102 Å². The number of Topliss-reactive ketones (excluding diaryl/α,β-unsaturated/α-hetero) is 1. The van der Waals surface area contributed by atoms with Crippen LogP contribution in [0.5, 0.6) is 5.88 Å². The molecule has 4 aromatic rings. The van der Waals surface area contributed by atoms with Crippen molar-refractivity contribution in [2.45, 2.75) is 12.6 Å². The number of ether oxygens (including phenoxy) is 1. The second-order valence-electron chi connectivity index (χ2n) is 7.17. The van der Waals surface area contributed by atoms with Gasteiger partial charge in [-0.15, -0.1) is 5.10 Å². The van der Waals surface area contributed by atoms with Crippen molar-refractivity contribution in [1.82, 2.24) is 15.2 Å². The molecule has 0 radical (unpaired) electrons. The van der Waals surface area contributed by atoms with Gasteiger partial charge in [0.25, 0.3) is 5.89 Å². The highest BCUT2D eigenvalue weighted by Gasteiger charge is 2.27. The molecule has 0 amide bonds. The lowest BCUT2D eigenvalue weighted by molar-refractivity contribution is -0.119. The van der Waals surface area contributed by atoms with Gasteiger partial charge in [-0.25, -0.2) is 4.98 Å². The molecule has 32 heavy (non-hydrogen) atoms. The third-order valence-corrected chi connectivity index (χ3v) is 5.08. The Labute approximate surface area is 184 Å². The molecule has 0 saturated heterocycles. The number of benzene rings is 2. The number of ketones is 1. The predicted molar refractivity (Wildman–Crippen MR) is 119 cm³/mol. The molecule has 158 valence electrons. The normalized spacial score (nSPS) is 15.5. The Bertz CT molecular complexity index is 1300. The number of hydrogen-bond donors (Lipinski definition) is 1. The standard InChI is InChI=1S/C24H19N5O3/c1-31-20-13-7-12-18(25-20)23-28-29-24(32-23)27-22-19(30)14-16-10-5-6-11-17(16)21(26-22)15-8-3-2-4-9-15/h2-13,22H,14H2,1H3,(H,27,29). The van der Waals surface area contributed by atoms with Gasteiger partial charge in [0.1, 0.15) is 5.69 Å². The largest absolute Gasteiger partial charge is 0.481 e. The minimum atomic E-state index is -0.871. The van der Waals surface area contributed by atoms with Crippen molar-refractivity contribution in [1.29, 1.82) is 0 Å². The van der Waals surface area contributed by atoms with Crippen LogP contribution < -0.4 is 10.1 Å². The van der Waals surface area contributed by atoms with Gasteiger partial charge in [-0.1, -0.05) is 65.8 Å². The molecule has 1 aliphatic rings. The number of hydrogen-bond acceptors (Lipinski definition) is 8. The van der Waals surface area contributed by atoms with E-state index in [1.165, 1.54) is 7.11 Å². The van der Waals surface area contributed by atoms with Crippen molar-refractivity contribution in [2.75, 3.05) is 12.4 Å². The third kappa shape index (κ3) is 3.85. The average Bonchev–Trinajstić information content (AvgIpc) is 3.26. The Balaban J connectivity index is 1.48. The molecule has 0 bridgehead atoms. The van der Waals surface area contributed by atoms with Crippen LogP contribution in [0.3, 0.4) is 0 Å². The summed E-state index contributed by atoms with van der Waals surface area (Å²) < 4.78 is 10.8. The van der Waals surface area contributed by atoms with Crippen molar-refractivity contribution in [3.05, 3.63) is 89.5 Å². The lowest BCUT2D eigenvalue weighted by Crippen LogP contribution is -2.29. The predicted octanol–water partition coefficient (Wildman–Crippen LogP) is 3.54. The summed E-state index contributed by atoms with van der Waals surface area (Å²) in [6.07, 6.45) is -0.629. The molecule has 1 aliphatic heterocycles. The number of carbonyl (C=O) groups is 1. The van der Waals surface area contributed by atoms with Gasteiger partial charge in [0.05, 0.1) is 12.8 Å². The number of pyridine rings is 1. The molecule has 0 aliphatic carbocycles. The van der Waals surface area contributed by atoms with Crippen LogP contribution in [0.25, 0.3) is 11.6 Å². The molecule has 1 N–H and O–H groups in total. The first-order valence-corrected chi connectivity index (χ1v) is 10.1. The van der Waals surface area contributed by atoms with Gasteiger partial charge in [-0.3, -0.25) is 9.79 Å². The molecule has 3 heterocycles. The van der Waals surface area contributed by atoms with E-state index in [-0.39, 0.29) is 24.1 Å². The minimum Gasteiger partial charge on any atom is -0.481 e. The van der Waals surface area contributed by atoms with E-state index in [9.17, 15) is 4.79 Å². The van der Waals surface area contributed by atoms with E-state index in [1.54, 1.807) is 18.2 Å². The lowest BCUT2D eigenvalue weighted by Gasteiger charge is -2.11. The Hall–Kier alpha value is -4.33. The fourth-order valence-corrected chi connectivity index (χ4v) is 3.55. The lowest BCUT2D eigenvalue weighted by atomic mass is 9.96. The molecular weight excluding hydrogens is 406 g/mol. The summed E-state index contributed by atoms with van der Waals surface area (Å²) in [6, 6.07) is 22.9.